The van der Waals surface area contributed by atoms with Gasteiger partial charge in [0.05, 0.1) is 0 Å². The minimum atomic E-state index is 0.0586. The fourth-order valence-electron chi connectivity index (χ4n) is 2.75. The summed E-state index contributed by atoms with van der Waals surface area (Å²) >= 11 is 6.00. The number of rotatable bonds is 7. The van der Waals surface area contributed by atoms with Gasteiger partial charge in [-0.2, -0.15) is 0 Å². The van der Waals surface area contributed by atoms with E-state index in [0.29, 0.717) is 36.7 Å². The minimum Gasteiger partial charge on any atom is -0.441 e. The van der Waals surface area contributed by atoms with E-state index in [9.17, 15) is 4.79 Å². The lowest BCUT2D eigenvalue weighted by Crippen LogP contribution is -2.22. The van der Waals surface area contributed by atoms with Gasteiger partial charge in [-0.05, 0) is 37.6 Å². The number of oxazole rings is 1. The monoisotopic (exact) mass is 368 g/mol. The Kier molecular flexibility index (Phi) is 6.08. The summed E-state index contributed by atoms with van der Waals surface area (Å²) in [6, 6.07) is 17.3. The maximum atomic E-state index is 11.7. The average molecular weight is 369 g/mol. The van der Waals surface area contributed by atoms with Gasteiger partial charge >= 0.3 is 0 Å². The molecule has 0 spiro atoms. The van der Waals surface area contributed by atoms with Crippen molar-refractivity contribution in [2.45, 2.75) is 26.2 Å². The van der Waals surface area contributed by atoms with E-state index in [1.54, 1.807) is 0 Å². The Morgan fingerprint density at radius 2 is 1.81 bits per heavy atom. The van der Waals surface area contributed by atoms with Crippen molar-refractivity contribution in [2.24, 2.45) is 0 Å². The highest BCUT2D eigenvalue weighted by Gasteiger charge is 2.16. The molecule has 134 valence electrons. The third kappa shape index (κ3) is 4.52. The number of nitrogens with zero attached hydrogens (tertiary/aromatic N) is 1. The topological polar surface area (TPSA) is 55.1 Å². The van der Waals surface area contributed by atoms with Gasteiger partial charge in [0.2, 0.25) is 11.8 Å². The molecule has 0 aliphatic carbocycles. The highest BCUT2D eigenvalue weighted by atomic mass is 35.5. The van der Waals surface area contributed by atoms with Gasteiger partial charge in [-0.15, -0.1) is 0 Å². The summed E-state index contributed by atoms with van der Waals surface area (Å²) in [5, 5.41) is 3.49. The van der Waals surface area contributed by atoms with Crippen molar-refractivity contribution in [3.05, 3.63) is 65.4 Å². The summed E-state index contributed by atoms with van der Waals surface area (Å²) in [7, 11) is 0. The highest BCUT2D eigenvalue weighted by molar-refractivity contribution is 6.30. The van der Waals surface area contributed by atoms with Crippen LogP contribution in [0.25, 0.3) is 22.7 Å². The first kappa shape index (κ1) is 18.2. The first-order chi connectivity index (χ1) is 12.7. The molecule has 5 heteroatoms. The quantitative estimate of drug-likeness (QED) is 0.629. The van der Waals surface area contributed by atoms with Crippen LogP contribution in [0.3, 0.4) is 0 Å². The van der Waals surface area contributed by atoms with E-state index in [2.05, 4.69) is 5.32 Å². The molecule has 0 aliphatic rings. The summed E-state index contributed by atoms with van der Waals surface area (Å²) in [5.74, 6) is 1.43. The van der Waals surface area contributed by atoms with Gasteiger partial charge in [-0.1, -0.05) is 41.9 Å². The molecule has 0 saturated heterocycles. The standard InChI is InChI=1S/C21H21ClN2O2/c1-2-23-19(25)10-6-9-18-20(15-11-13-17(22)14-12-15)24-21(26-18)16-7-4-3-5-8-16/h3-5,7-8,11-14H,2,6,9-10H2,1H3,(H,23,25). The van der Waals surface area contributed by atoms with E-state index < -0.39 is 0 Å². The predicted molar refractivity (Wildman–Crippen MR) is 104 cm³/mol. The van der Waals surface area contributed by atoms with E-state index in [0.717, 1.165) is 22.6 Å². The van der Waals surface area contributed by atoms with Crippen LogP contribution in [0.4, 0.5) is 0 Å². The van der Waals surface area contributed by atoms with E-state index in [4.69, 9.17) is 21.0 Å². The van der Waals surface area contributed by atoms with Crippen LogP contribution < -0.4 is 5.32 Å². The molecule has 1 heterocycles. The molecule has 0 radical (unpaired) electrons. The molecule has 4 nitrogen and oxygen atoms in total. The first-order valence-electron chi connectivity index (χ1n) is 8.75. The summed E-state index contributed by atoms with van der Waals surface area (Å²) in [6.07, 6.45) is 1.82. The molecular weight excluding hydrogens is 348 g/mol. The normalized spacial score (nSPS) is 10.7. The van der Waals surface area contributed by atoms with Crippen LogP contribution in [0.1, 0.15) is 25.5 Å². The fraction of sp³-hybridized carbons (Fsp3) is 0.238. The number of aryl methyl sites for hydroxylation is 1. The molecule has 3 aromatic rings. The summed E-state index contributed by atoms with van der Waals surface area (Å²) < 4.78 is 6.05. The molecule has 1 amide bonds. The lowest BCUT2D eigenvalue weighted by Gasteiger charge is -2.03. The maximum Gasteiger partial charge on any atom is 0.226 e. The lowest BCUT2D eigenvalue weighted by atomic mass is 10.1. The van der Waals surface area contributed by atoms with Crippen molar-refractivity contribution in [2.75, 3.05) is 6.54 Å². The molecule has 2 aromatic carbocycles. The van der Waals surface area contributed by atoms with E-state index in [-0.39, 0.29) is 5.91 Å². The van der Waals surface area contributed by atoms with Crippen LogP contribution in [-0.2, 0) is 11.2 Å². The maximum absolute atomic E-state index is 11.7. The zero-order valence-electron chi connectivity index (χ0n) is 14.7. The van der Waals surface area contributed by atoms with Crippen LogP contribution in [-0.4, -0.2) is 17.4 Å². The van der Waals surface area contributed by atoms with Gasteiger partial charge in [0, 0.05) is 35.5 Å². The van der Waals surface area contributed by atoms with Gasteiger partial charge in [-0.3, -0.25) is 4.79 Å². The van der Waals surface area contributed by atoms with E-state index >= 15 is 0 Å². The van der Waals surface area contributed by atoms with E-state index in [1.807, 2.05) is 61.5 Å². The summed E-state index contributed by atoms with van der Waals surface area (Å²) in [6.45, 7) is 2.56. The average Bonchev–Trinajstić information content (AvgIpc) is 3.07. The van der Waals surface area contributed by atoms with Crippen molar-refractivity contribution in [3.63, 3.8) is 0 Å². The smallest absolute Gasteiger partial charge is 0.226 e. The minimum absolute atomic E-state index is 0.0586. The lowest BCUT2D eigenvalue weighted by molar-refractivity contribution is -0.121. The summed E-state index contributed by atoms with van der Waals surface area (Å²) in [5.41, 5.74) is 2.68. The molecule has 1 N–H and O–H groups in total. The second kappa shape index (κ2) is 8.68. The van der Waals surface area contributed by atoms with Crippen LogP contribution in [0, 0.1) is 0 Å². The van der Waals surface area contributed by atoms with Crippen molar-refractivity contribution < 1.29 is 9.21 Å². The SMILES string of the molecule is CCNC(=O)CCCc1oc(-c2ccccc2)nc1-c1ccc(Cl)cc1. The van der Waals surface area contributed by atoms with Crippen molar-refractivity contribution in [1.82, 2.24) is 10.3 Å². The Morgan fingerprint density at radius 1 is 1.08 bits per heavy atom. The molecule has 0 atom stereocenters. The Hall–Kier alpha value is -2.59. The zero-order chi connectivity index (χ0) is 18.4. The number of hydrogen-bond donors (Lipinski definition) is 1. The van der Waals surface area contributed by atoms with Crippen LogP contribution >= 0.6 is 11.6 Å². The van der Waals surface area contributed by atoms with Crippen LogP contribution in [0.5, 0.6) is 0 Å². The first-order valence-corrected chi connectivity index (χ1v) is 9.13. The van der Waals surface area contributed by atoms with Gasteiger partial charge < -0.3 is 9.73 Å². The number of benzene rings is 2. The number of aromatic nitrogens is 1. The molecule has 1 aromatic heterocycles. The Morgan fingerprint density at radius 3 is 2.50 bits per heavy atom. The number of hydrogen-bond acceptors (Lipinski definition) is 3. The largest absolute Gasteiger partial charge is 0.441 e. The molecule has 0 bridgehead atoms. The van der Waals surface area contributed by atoms with Crippen molar-refractivity contribution in [3.8, 4) is 22.7 Å². The molecule has 0 saturated carbocycles. The van der Waals surface area contributed by atoms with Gasteiger partial charge in [0.25, 0.3) is 0 Å². The molecule has 0 fully saturated rings. The predicted octanol–water partition coefficient (Wildman–Crippen LogP) is 5.12. The molecule has 3 rings (SSSR count). The van der Waals surface area contributed by atoms with E-state index in [1.165, 1.54) is 0 Å². The van der Waals surface area contributed by atoms with Crippen molar-refractivity contribution >= 4 is 17.5 Å². The highest BCUT2D eigenvalue weighted by Crippen LogP contribution is 2.30. The molecule has 26 heavy (non-hydrogen) atoms. The number of nitrogens with one attached hydrogen (secondary N) is 1. The second-order valence-electron chi connectivity index (χ2n) is 5.97. The molecule has 0 unspecified atom stereocenters. The third-order valence-corrected chi connectivity index (χ3v) is 4.27. The van der Waals surface area contributed by atoms with Crippen LogP contribution in [0.2, 0.25) is 5.02 Å². The Balaban J connectivity index is 1.86. The fourth-order valence-corrected chi connectivity index (χ4v) is 2.88. The molecular formula is C21H21ClN2O2. The Bertz CT molecular complexity index is 857. The third-order valence-electron chi connectivity index (χ3n) is 4.02. The number of amides is 1. The number of carbonyl (C=O) groups is 1. The zero-order valence-corrected chi connectivity index (χ0v) is 15.4. The Labute approximate surface area is 158 Å². The second-order valence-corrected chi connectivity index (χ2v) is 6.41. The van der Waals surface area contributed by atoms with Gasteiger partial charge in [-0.25, -0.2) is 4.98 Å². The van der Waals surface area contributed by atoms with Crippen LogP contribution in [0.15, 0.2) is 59.0 Å². The summed E-state index contributed by atoms with van der Waals surface area (Å²) in [4.78, 5) is 16.4. The number of halogens is 1. The number of carbonyl (C=O) groups excluding carboxylic acids is 1. The van der Waals surface area contributed by atoms with Crippen molar-refractivity contribution in [1.29, 1.82) is 0 Å². The van der Waals surface area contributed by atoms with Gasteiger partial charge in [0.1, 0.15) is 11.5 Å². The molecule has 0 aliphatic heterocycles. The van der Waals surface area contributed by atoms with Gasteiger partial charge in [0.15, 0.2) is 0 Å².